The van der Waals surface area contributed by atoms with E-state index in [1.165, 1.54) is 0 Å². The number of carbonyl (C=O) groups is 1. The number of hydrogen-bond acceptors (Lipinski definition) is 2. The van der Waals surface area contributed by atoms with E-state index in [0.29, 0.717) is 19.8 Å². The van der Waals surface area contributed by atoms with Gasteiger partial charge in [-0.05, 0) is 20.8 Å². The number of amides is 1. The summed E-state index contributed by atoms with van der Waals surface area (Å²) in [6.07, 6.45) is 0. The molecule has 3 nitrogen and oxygen atoms in total. The van der Waals surface area contributed by atoms with Crippen molar-refractivity contribution in [2.75, 3.05) is 19.8 Å². The van der Waals surface area contributed by atoms with Crippen LogP contribution in [0.4, 0.5) is 0 Å². The van der Waals surface area contributed by atoms with Crippen molar-refractivity contribution in [1.82, 2.24) is 5.32 Å². The third kappa shape index (κ3) is 5.55. The number of hydrogen-bond donors (Lipinski definition) is 1. The summed E-state index contributed by atoms with van der Waals surface area (Å²) >= 11 is 3.26. The first-order valence-electron chi connectivity index (χ1n) is 4.03. The van der Waals surface area contributed by atoms with Crippen LogP contribution in [-0.4, -0.2) is 30.0 Å². The van der Waals surface area contributed by atoms with Crippen LogP contribution in [0.5, 0.6) is 0 Å². The van der Waals surface area contributed by atoms with E-state index >= 15 is 0 Å². The van der Waals surface area contributed by atoms with Crippen LogP contribution in [0.15, 0.2) is 0 Å². The second-order valence-electron chi connectivity index (χ2n) is 2.93. The van der Waals surface area contributed by atoms with Crippen molar-refractivity contribution < 1.29 is 9.53 Å². The van der Waals surface area contributed by atoms with E-state index in [2.05, 4.69) is 21.2 Å². The molecule has 0 heterocycles. The Bertz CT molecular complexity index is 142. The van der Waals surface area contributed by atoms with Crippen LogP contribution < -0.4 is 5.32 Å². The molecule has 0 radical (unpaired) electrons. The zero-order valence-corrected chi connectivity index (χ0v) is 9.40. The summed E-state index contributed by atoms with van der Waals surface area (Å²) in [5, 5.41) is 2.75. The highest BCUT2D eigenvalue weighted by atomic mass is 79.9. The van der Waals surface area contributed by atoms with Gasteiger partial charge < -0.3 is 10.1 Å². The first-order chi connectivity index (χ1) is 5.48. The van der Waals surface area contributed by atoms with Crippen LogP contribution in [-0.2, 0) is 9.53 Å². The van der Waals surface area contributed by atoms with E-state index in [9.17, 15) is 4.79 Å². The van der Waals surface area contributed by atoms with Gasteiger partial charge in [0.1, 0.15) is 0 Å². The van der Waals surface area contributed by atoms with Crippen molar-refractivity contribution in [2.45, 2.75) is 25.1 Å². The SMILES string of the molecule is CCOCCNC(=O)C(C)(C)Br. The number of nitrogens with one attached hydrogen (secondary N) is 1. The summed E-state index contributed by atoms with van der Waals surface area (Å²) in [7, 11) is 0. The van der Waals surface area contributed by atoms with Gasteiger partial charge in [-0.15, -0.1) is 0 Å². The first-order valence-corrected chi connectivity index (χ1v) is 4.82. The maximum atomic E-state index is 11.2. The van der Waals surface area contributed by atoms with E-state index in [0.717, 1.165) is 0 Å². The molecule has 0 aliphatic heterocycles. The summed E-state index contributed by atoms with van der Waals surface area (Å²) in [5.74, 6) is -0.0118. The smallest absolute Gasteiger partial charge is 0.236 e. The molecule has 72 valence electrons. The minimum atomic E-state index is -0.487. The van der Waals surface area contributed by atoms with Gasteiger partial charge in [0.05, 0.1) is 10.9 Å². The molecule has 12 heavy (non-hydrogen) atoms. The molecular formula is C8H16BrNO2. The number of ether oxygens (including phenoxy) is 1. The zero-order valence-electron chi connectivity index (χ0n) is 7.82. The Labute approximate surface area is 82.0 Å². The normalized spacial score (nSPS) is 11.3. The molecule has 1 N–H and O–H groups in total. The van der Waals surface area contributed by atoms with E-state index in [-0.39, 0.29) is 5.91 Å². The van der Waals surface area contributed by atoms with Crippen molar-refractivity contribution in [1.29, 1.82) is 0 Å². The second-order valence-corrected chi connectivity index (χ2v) is 4.91. The molecule has 0 atom stereocenters. The average Bonchev–Trinajstić information content (AvgIpc) is 1.96. The van der Waals surface area contributed by atoms with Gasteiger partial charge in [0.2, 0.25) is 5.91 Å². The Balaban J connectivity index is 3.45. The summed E-state index contributed by atoms with van der Waals surface area (Å²) in [6.45, 7) is 7.38. The molecule has 0 aromatic rings. The Hall–Kier alpha value is -0.0900. The molecule has 0 rings (SSSR count). The van der Waals surface area contributed by atoms with E-state index in [1.807, 2.05) is 20.8 Å². The molecule has 0 saturated carbocycles. The third-order valence-electron chi connectivity index (χ3n) is 1.28. The molecule has 4 heteroatoms. The molecule has 0 saturated heterocycles. The number of halogens is 1. The summed E-state index contributed by atoms with van der Waals surface area (Å²) in [4.78, 5) is 11.2. The van der Waals surface area contributed by atoms with Gasteiger partial charge in [0.25, 0.3) is 0 Å². The first kappa shape index (κ1) is 11.9. The molecule has 0 aliphatic rings. The highest BCUT2D eigenvalue weighted by Gasteiger charge is 2.22. The van der Waals surface area contributed by atoms with Gasteiger partial charge in [-0.1, -0.05) is 15.9 Å². The lowest BCUT2D eigenvalue weighted by molar-refractivity contribution is -0.122. The lowest BCUT2D eigenvalue weighted by Crippen LogP contribution is -2.39. The van der Waals surface area contributed by atoms with Crippen molar-refractivity contribution >= 4 is 21.8 Å². The number of rotatable bonds is 5. The standard InChI is InChI=1S/C8H16BrNO2/c1-4-12-6-5-10-7(11)8(2,3)9/h4-6H2,1-3H3,(H,10,11). The predicted molar refractivity (Wildman–Crippen MR) is 52.5 cm³/mol. The Kier molecular flexibility index (Phi) is 5.50. The van der Waals surface area contributed by atoms with Crippen molar-refractivity contribution in [3.05, 3.63) is 0 Å². The number of alkyl halides is 1. The van der Waals surface area contributed by atoms with Crippen LogP contribution in [0.25, 0.3) is 0 Å². The largest absolute Gasteiger partial charge is 0.380 e. The van der Waals surface area contributed by atoms with E-state index in [4.69, 9.17) is 4.74 Å². The van der Waals surface area contributed by atoms with Crippen LogP contribution in [0.1, 0.15) is 20.8 Å². The van der Waals surface area contributed by atoms with Crippen LogP contribution in [0, 0.1) is 0 Å². The maximum absolute atomic E-state index is 11.2. The Morgan fingerprint density at radius 3 is 2.58 bits per heavy atom. The lowest BCUT2D eigenvalue weighted by atomic mass is 10.2. The van der Waals surface area contributed by atoms with Gasteiger partial charge >= 0.3 is 0 Å². The molecule has 0 fully saturated rings. The van der Waals surface area contributed by atoms with Gasteiger partial charge in [0.15, 0.2) is 0 Å². The molecule has 0 aromatic carbocycles. The third-order valence-corrected chi connectivity index (χ3v) is 1.64. The van der Waals surface area contributed by atoms with Crippen LogP contribution in [0.2, 0.25) is 0 Å². The topological polar surface area (TPSA) is 38.3 Å². The summed E-state index contributed by atoms with van der Waals surface area (Å²) in [5.41, 5.74) is 0. The van der Waals surface area contributed by atoms with E-state index in [1.54, 1.807) is 0 Å². The number of carbonyl (C=O) groups excluding carboxylic acids is 1. The average molecular weight is 238 g/mol. The summed E-state index contributed by atoms with van der Waals surface area (Å²) in [6, 6.07) is 0. The molecule has 0 bridgehead atoms. The minimum absolute atomic E-state index is 0.0118. The lowest BCUT2D eigenvalue weighted by Gasteiger charge is -2.15. The van der Waals surface area contributed by atoms with Gasteiger partial charge in [0, 0.05) is 13.2 Å². The molecule has 0 spiro atoms. The Morgan fingerprint density at radius 2 is 2.17 bits per heavy atom. The molecule has 0 aromatic heterocycles. The summed E-state index contributed by atoms with van der Waals surface area (Å²) < 4.78 is 4.58. The molecular weight excluding hydrogens is 222 g/mol. The van der Waals surface area contributed by atoms with Crippen LogP contribution >= 0.6 is 15.9 Å². The molecule has 1 amide bonds. The van der Waals surface area contributed by atoms with Gasteiger partial charge in [-0.3, -0.25) is 4.79 Å². The highest BCUT2D eigenvalue weighted by Crippen LogP contribution is 2.14. The monoisotopic (exact) mass is 237 g/mol. The quantitative estimate of drug-likeness (QED) is 0.579. The Morgan fingerprint density at radius 1 is 1.58 bits per heavy atom. The maximum Gasteiger partial charge on any atom is 0.236 e. The molecule has 0 aliphatic carbocycles. The van der Waals surface area contributed by atoms with Crippen LogP contribution in [0.3, 0.4) is 0 Å². The fourth-order valence-electron chi connectivity index (χ4n) is 0.591. The highest BCUT2D eigenvalue weighted by molar-refractivity contribution is 9.10. The van der Waals surface area contributed by atoms with Crippen molar-refractivity contribution in [3.8, 4) is 0 Å². The van der Waals surface area contributed by atoms with E-state index < -0.39 is 4.32 Å². The zero-order chi connectivity index (χ0) is 9.61. The fraction of sp³-hybridized carbons (Fsp3) is 0.875. The van der Waals surface area contributed by atoms with Crippen molar-refractivity contribution in [2.24, 2.45) is 0 Å². The van der Waals surface area contributed by atoms with Gasteiger partial charge in [-0.25, -0.2) is 0 Å². The fourth-order valence-corrected chi connectivity index (χ4v) is 0.731. The van der Waals surface area contributed by atoms with Crippen molar-refractivity contribution in [3.63, 3.8) is 0 Å². The second kappa shape index (κ2) is 5.54. The molecule has 0 unspecified atom stereocenters. The predicted octanol–water partition coefficient (Wildman–Crippen LogP) is 1.31. The van der Waals surface area contributed by atoms with Gasteiger partial charge in [-0.2, -0.15) is 0 Å². The minimum Gasteiger partial charge on any atom is -0.380 e.